The molecular weight excluding hydrogens is 206 g/mol. The van der Waals surface area contributed by atoms with Crippen LogP contribution in [0.5, 0.6) is 0 Å². The molecule has 0 atom stereocenters. The average Bonchev–Trinajstić information content (AvgIpc) is 2.71. The van der Waals surface area contributed by atoms with Crippen LogP contribution in [0.2, 0.25) is 0 Å². The maximum Gasteiger partial charge on any atom is 0.276 e. The molecule has 5 nitrogen and oxygen atoms in total. The Morgan fingerprint density at radius 1 is 1.44 bits per heavy atom. The monoisotopic (exact) mass is 219 g/mol. The average molecular weight is 219 g/mol. The molecule has 2 rings (SSSR count). The van der Waals surface area contributed by atoms with Gasteiger partial charge in [-0.3, -0.25) is 9.59 Å². The Morgan fingerprint density at radius 2 is 2.25 bits per heavy atom. The lowest BCUT2D eigenvalue weighted by molar-refractivity contribution is -0.119. The second-order valence-corrected chi connectivity index (χ2v) is 3.68. The number of Topliss-reactive ketones (excluding diaryl/α,β-unsaturated/α-hetero) is 1. The van der Waals surface area contributed by atoms with E-state index in [1.54, 1.807) is 24.7 Å². The Morgan fingerprint density at radius 3 is 3.00 bits per heavy atom. The topological polar surface area (TPSA) is 56.4 Å². The zero-order valence-corrected chi connectivity index (χ0v) is 9.09. The molecule has 0 saturated carbocycles. The predicted molar refractivity (Wildman–Crippen MR) is 59.4 cm³/mol. The van der Waals surface area contributed by atoms with Crippen molar-refractivity contribution in [3.63, 3.8) is 0 Å². The number of carbonyl (C=O) groups is 1. The lowest BCUT2D eigenvalue weighted by Gasteiger charge is -2.04. The van der Waals surface area contributed by atoms with Crippen molar-refractivity contribution < 1.29 is 4.79 Å². The summed E-state index contributed by atoms with van der Waals surface area (Å²) in [5, 5.41) is 3.95. The molecule has 0 aliphatic carbocycles. The van der Waals surface area contributed by atoms with Gasteiger partial charge in [0.2, 0.25) is 0 Å². The molecule has 0 amide bonds. The summed E-state index contributed by atoms with van der Waals surface area (Å²) < 4.78 is 2.93. The molecule has 0 aliphatic rings. The molecule has 5 heteroatoms. The second-order valence-electron chi connectivity index (χ2n) is 3.68. The summed E-state index contributed by atoms with van der Waals surface area (Å²) in [6, 6.07) is 1.64. The summed E-state index contributed by atoms with van der Waals surface area (Å²) in [6.45, 7) is 2.09. The summed E-state index contributed by atoms with van der Waals surface area (Å²) in [7, 11) is 0. The van der Waals surface area contributed by atoms with Gasteiger partial charge in [0, 0.05) is 18.8 Å². The van der Waals surface area contributed by atoms with Gasteiger partial charge in [0.1, 0.15) is 5.52 Å². The number of carbonyl (C=O) groups excluding carboxylic acids is 1. The minimum absolute atomic E-state index is 0.0773. The molecule has 0 aromatic carbocycles. The second kappa shape index (κ2) is 4.30. The van der Waals surface area contributed by atoms with Crippen LogP contribution in [0, 0.1) is 0 Å². The van der Waals surface area contributed by atoms with Gasteiger partial charge in [-0.15, -0.1) is 0 Å². The van der Waals surface area contributed by atoms with Gasteiger partial charge < -0.3 is 4.57 Å². The highest BCUT2D eigenvalue weighted by atomic mass is 16.1. The number of ketones is 1. The summed E-state index contributed by atoms with van der Waals surface area (Å²) in [4.78, 5) is 23.3. The van der Waals surface area contributed by atoms with E-state index in [9.17, 15) is 9.59 Å². The third-order valence-electron chi connectivity index (χ3n) is 2.41. The zero-order chi connectivity index (χ0) is 11.5. The fraction of sp³-hybridized carbons (Fsp3) is 0.364. The third kappa shape index (κ3) is 1.88. The van der Waals surface area contributed by atoms with E-state index in [4.69, 9.17) is 0 Å². The molecule has 0 fully saturated rings. The standard InChI is InChI=1S/C11H13N3O2/c1-2-3-9(15)8-13-6-7-14-10(11(13)16)4-5-12-14/h4-7H,2-3,8H2,1H3. The number of rotatable bonds is 4. The summed E-state index contributed by atoms with van der Waals surface area (Å²) in [6.07, 6.45) is 6.15. The van der Waals surface area contributed by atoms with Gasteiger partial charge in [-0.2, -0.15) is 5.10 Å². The van der Waals surface area contributed by atoms with Gasteiger partial charge in [-0.1, -0.05) is 6.92 Å². The summed E-state index contributed by atoms with van der Waals surface area (Å²) >= 11 is 0. The van der Waals surface area contributed by atoms with Crippen LogP contribution in [-0.2, 0) is 11.3 Å². The SMILES string of the molecule is CCCC(=O)Cn1ccn2nccc2c1=O. The minimum atomic E-state index is -0.176. The van der Waals surface area contributed by atoms with Crippen molar-refractivity contribution in [2.45, 2.75) is 26.3 Å². The normalized spacial score (nSPS) is 10.8. The smallest absolute Gasteiger partial charge is 0.276 e. The number of hydrogen-bond donors (Lipinski definition) is 0. The van der Waals surface area contributed by atoms with Crippen molar-refractivity contribution in [2.75, 3.05) is 0 Å². The van der Waals surface area contributed by atoms with Crippen LogP contribution in [0.1, 0.15) is 19.8 Å². The van der Waals surface area contributed by atoms with E-state index in [1.807, 2.05) is 6.92 Å². The van der Waals surface area contributed by atoms with E-state index in [2.05, 4.69) is 5.10 Å². The molecule has 2 aromatic rings. The van der Waals surface area contributed by atoms with Gasteiger partial charge in [-0.25, -0.2) is 4.52 Å². The fourth-order valence-corrected chi connectivity index (χ4v) is 1.63. The molecule has 16 heavy (non-hydrogen) atoms. The van der Waals surface area contributed by atoms with Crippen LogP contribution in [0.4, 0.5) is 0 Å². The van der Waals surface area contributed by atoms with E-state index in [0.717, 1.165) is 6.42 Å². The number of nitrogens with zero attached hydrogens (tertiary/aromatic N) is 3. The van der Waals surface area contributed by atoms with Crippen molar-refractivity contribution in [2.24, 2.45) is 0 Å². The first kappa shape index (κ1) is 10.6. The molecule has 0 saturated heterocycles. The highest BCUT2D eigenvalue weighted by molar-refractivity contribution is 5.78. The van der Waals surface area contributed by atoms with Crippen LogP contribution in [0.3, 0.4) is 0 Å². The maximum absolute atomic E-state index is 11.9. The minimum Gasteiger partial charge on any atom is -0.305 e. The molecule has 2 heterocycles. The highest BCUT2D eigenvalue weighted by Gasteiger charge is 2.06. The van der Waals surface area contributed by atoms with Crippen LogP contribution in [0.15, 0.2) is 29.5 Å². The lowest BCUT2D eigenvalue weighted by atomic mass is 10.2. The van der Waals surface area contributed by atoms with E-state index in [1.165, 1.54) is 9.08 Å². The van der Waals surface area contributed by atoms with Crippen molar-refractivity contribution >= 4 is 11.3 Å². The Bertz CT molecular complexity index is 568. The van der Waals surface area contributed by atoms with Crippen molar-refractivity contribution in [3.05, 3.63) is 35.0 Å². The van der Waals surface area contributed by atoms with Crippen molar-refractivity contribution in [1.29, 1.82) is 0 Å². The number of fused-ring (bicyclic) bond motifs is 1. The quantitative estimate of drug-likeness (QED) is 0.766. The zero-order valence-electron chi connectivity index (χ0n) is 9.09. The Labute approximate surface area is 92.3 Å². The number of aromatic nitrogens is 3. The van der Waals surface area contributed by atoms with E-state index < -0.39 is 0 Å². The maximum atomic E-state index is 11.9. The Balaban J connectivity index is 2.34. The first-order chi connectivity index (χ1) is 7.72. The molecule has 0 bridgehead atoms. The van der Waals surface area contributed by atoms with Crippen molar-refractivity contribution in [1.82, 2.24) is 14.2 Å². The first-order valence-electron chi connectivity index (χ1n) is 5.27. The molecular formula is C11H13N3O2. The van der Waals surface area contributed by atoms with Gasteiger partial charge in [0.05, 0.1) is 12.7 Å². The summed E-state index contributed by atoms with van der Waals surface area (Å²) in [5.41, 5.74) is 0.316. The Hall–Kier alpha value is -1.91. The molecule has 84 valence electrons. The third-order valence-corrected chi connectivity index (χ3v) is 2.41. The van der Waals surface area contributed by atoms with Crippen LogP contribution in [-0.4, -0.2) is 20.0 Å². The summed E-state index contributed by atoms with van der Waals surface area (Å²) in [5.74, 6) is 0.0773. The van der Waals surface area contributed by atoms with E-state index in [0.29, 0.717) is 11.9 Å². The fourth-order valence-electron chi connectivity index (χ4n) is 1.63. The number of hydrogen-bond acceptors (Lipinski definition) is 3. The first-order valence-corrected chi connectivity index (χ1v) is 5.27. The van der Waals surface area contributed by atoms with Gasteiger partial charge in [-0.05, 0) is 12.5 Å². The molecule has 0 unspecified atom stereocenters. The van der Waals surface area contributed by atoms with Crippen LogP contribution in [0.25, 0.3) is 5.52 Å². The largest absolute Gasteiger partial charge is 0.305 e. The van der Waals surface area contributed by atoms with Crippen molar-refractivity contribution in [3.8, 4) is 0 Å². The highest BCUT2D eigenvalue weighted by Crippen LogP contribution is 1.96. The molecule has 2 aromatic heterocycles. The molecule has 0 radical (unpaired) electrons. The van der Waals surface area contributed by atoms with Crippen LogP contribution < -0.4 is 5.56 Å². The predicted octanol–water partition coefficient (Wildman–Crippen LogP) is 0.865. The lowest BCUT2D eigenvalue weighted by Crippen LogP contribution is -2.24. The molecule has 0 N–H and O–H groups in total. The molecule has 0 spiro atoms. The van der Waals surface area contributed by atoms with Gasteiger partial charge in [0.25, 0.3) is 5.56 Å². The molecule has 0 aliphatic heterocycles. The van der Waals surface area contributed by atoms with Crippen LogP contribution >= 0.6 is 0 Å². The Kier molecular flexibility index (Phi) is 2.85. The van der Waals surface area contributed by atoms with Gasteiger partial charge in [0.15, 0.2) is 5.78 Å². The van der Waals surface area contributed by atoms with Gasteiger partial charge >= 0.3 is 0 Å². The van der Waals surface area contributed by atoms with E-state index in [-0.39, 0.29) is 17.9 Å². The van der Waals surface area contributed by atoms with E-state index >= 15 is 0 Å².